The van der Waals surface area contributed by atoms with Gasteiger partial charge in [0.15, 0.2) is 0 Å². The average Bonchev–Trinajstić information content (AvgIpc) is 2.54. The third-order valence-electron chi connectivity index (χ3n) is 1.64. The largest absolute Gasteiger partial charge is 0.468 e. The van der Waals surface area contributed by atoms with Crippen LogP contribution in [0.5, 0.6) is 0 Å². The Hall–Kier alpha value is -0.610. The smallest absolute Gasteiger partial charge is 0.325 e. The van der Waals surface area contributed by atoms with Crippen molar-refractivity contribution in [2.45, 2.75) is 32.4 Å². The minimum absolute atomic E-state index is 0.384. The Morgan fingerprint density at radius 3 is 2.50 bits per heavy atom. The van der Waals surface area contributed by atoms with Crippen LogP contribution in [0.15, 0.2) is 0 Å². The summed E-state index contributed by atoms with van der Waals surface area (Å²) >= 11 is 0. The molecule has 1 rings (SSSR count). The van der Waals surface area contributed by atoms with Crippen LogP contribution in [0.1, 0.15) is 20.3 Å². The third-order valence-corrected chi connectivity index (χ3v) is 1.64. The first kappa shape index (κ1) is 11.4. The molecule has 72 valence electrons. The third kappa shape index (κ3) is 2.79. The van der Waals surface area contributed by atoms with Crippen molar-refractivity contribution in [3.63, 3.8) is 0 Å². The fourth-order valence-electron chi connectivity index (χ4n) is 1.06. The standard InChI is InChI=1S/C6H11NO3.C2H6/c1-10-6(9)5-4(8)2-3-7-5;1-2/h4-5,7-8H,2-3H2,1H3;1-2H3. The van der Waals surface area contributed by atoms with Gasteiger partial charge in [-0.1, -0.05) is 13.8 Å². The van der Waals surface area contributed by atoms with Gasteiger partial charge in [-0.25, -0.2) is 0 Å². The maximum Gasteiger partial charge on any atom is 0.325 e. The summed E-state index contributed by atoms with van der Waals surface area (Å²) in [5.41, 5.74) is 0. The topological polar surface area (TPSA) is 58.6 Å². The first-order valence-electron chi connectivity index (χ1n) is 4.25. The summed E-state index contributed by atoms with van der Waals surface area (Å²) in [4.78, 5) is 10.8. The summed E-state index contributed by atoms with van der Waals surface area (Å²) in [6, 6.07) is -0.509. The molecule has 4 heteroatoms. The molecule has 1 aliphatic heterocycles. The van der Waals surface area contributed by atoms with Crippen LogP contribution in [0, 0.1) is 0 Å². The van der Waals surface area contributed by atoms with Crippen molar-refractivity contribution in [3.05, 3.63) is 0 Å². The monoisotopic (exact) mass is 175 g/mol. The number of aliphatic hydroxyl groups is 1. The number of rotatable bonds is 1. The molecule has 4 nitrogen and oxygen atoms in total. The highest BCUT2D eigenvalue weighted by molar-refractivity contribution is 5.76. The first-order chi connectivity index (χ1) is 5.75. The van der Waals surface area contributed by atoms with E-state index in [4.69, 9.17) is 5.11 Å². The normalized spacial score (nSPS) is 27.3. The van der Waals surface area contributed by atoms with Crippen LogP contribution in [0.2, 0.25) is 0 Å². The molecule has 0 aromatic carbocycles. The Morgan fingerprint density at radius 2 is 2.17 bits per heavy atom. The Kier molecular flexibility index (Phi) is 5.66. The Labute approximate surface area is 72.9 Å². The second kappa shape index (κ2) is 5.97. The molecule has 12 heavy (non-hydrogen) atoms. The first-order valence-corrected chi connectivity index (χ1v) is 4.25. The molecule has 2 atom stereocenters. The fourth-order valence-corrected chi connectivity index (χ4v) is 1.06. The van der Waals surface area contributed by atoms with Gasteiger partial charge >= 0.3 is 5.97 Å². The van der Waals surface area contributed by atoms with Crippen molar-refractivity contribution in [1.29, 1.82) is 0 Å². The lowest BCUT2D eigenvalue weighted by Crippen LogP contribution is -2.39. The maximum atomic E-state index is 10.8. The summed E-state index contributed by atoms with van der Waals surface area (Å²) in [6.07, 6.45) is 0.0483. The van der Waals surface area contributed by atoms with E-state index < -0.39 is 12.1 Å². The second-order valence-corrected chi connectivity index (χ2v) is 2.31. The summed E-state index contributed by atoms with van der Waals surface area (Å²) < 4.78 is 4.44. The highest BCUT2D eigenvalue weighted by atomic mass is 16.5. The van der Waals surface area contributed by atoms with Crippen molar-refractivity contribution >= 4 is 5.97 Å². The molecule has 0 aromatic rings. The predicted molar refractivity (Wildman–Crippen MR) is 45.8 cm³/mol. The molecule has 0 aliphatic carbocycles. The van der Waals surface area contributed by atoms with E-state index in [2.05, 4.69) is 10.1 Å². The lowest BCUT2D eigenvalue weighted by molar-refractivity contribution is -0.144. The molecule has 0 aromatic heterocycles. The van der Waals surface area contributed by atoms with Crippen LogP contribution in [-0.4, -0.2) is 36.9 Å². The number of esters is 1. The molecule has 2 unspecified atom stereocenters. The van der Waals surface area contributed by atoms with Gasteiger partial charge in [-0.05, 0) is 13.0 Å². The number of hydrogen-bond donors (Lipinski definition) is 2. The SMILES string of the molecule is CC.COC(=O)C1NCCC1O. The van der Waals surface area contributed by atoms with Crippen LogP contribution >= 0.6 is 0 Å². The highest BCUT2D eigenvalue weighted by Crippen LogP contribution is 2.07. The summed E-state index contributed by atoms with van der Waals surface area (Å²) in [6.45, 7) is 4.68. The molecule has 0 spiro atoms. The number of hydrogen-bond acceptors (Lipinski definition) is 4. The number of aliphatic hydroxyl groups excluding tert-OH is 1. The van der Waals surface area contributed by atoms with Gasteiger partial charge in [-0.3, -0.25) is 4.79 Å². The molecule has 0 bridgehead atoms. The molecule has 0 amide bonds. The minimum Gasteiger partial charge on any atom is -0.468 e. The van der Waals surface area contributed by atoms with Crippen molar-refractivity contribution in [1.82, 2.24) is 5.32 Å². The van der Waals surface area contributed by atoms with Gasteiger partial charge in [-0.2, -0.15) is 0 Å². The van der Waals surface area contributed by atoms with E-state index in [1.54, 1.807) is 0 Å². The molecule has 0 saturated carbocycles. The predicted octanol–water partition coefficient (Wildman–Crippen LogP) is -0.0916. The average molecular weight is 175 g/mol. The van der Waals surface area contributed by atoms with Gasteiger partial charge in [0.2, 0.25) is 0 Å². The van der Waals surface area contributed by atoms with Crippen LogP contribution in [0.25, 0.3) is 0 Å². The van der Waals surface area contributed by atoms with E-state index in [1.807, 2.05) is 13.8 Å². The Bertz CT molecular complexity index is 138. The Balaban J connectivity index is 0.000000561. The summed E-state index contributed by atoms with van der Waals surface area (Å²) in [5.74, 6) is -0.384. The number of carbonyl (C=O) groups excluding carboxylic acids is 1. The minimum atomic E-state index is -0.576. The molecular weight excluding hydrogens is 158 g/mol. The van der Waals surface area contributed by atoms with Gasteiger partial charge in [0.05, 0.1) is 13.2 Å². The lowest BCUT2D eigenvalue weighted by Gasteiger charge is -2.10. The molecule has 2 N–H and O–H groups in total. The number of carbonyl (C=O) groups is 1. The van der Waals surface area contributed by atoms with Crippen molar-refractivity contribution in [2.75, 3.05) is 13.7 Å². The zero-order valence-corrected chi connectivity index (χ0v) is 7.83. The van der Waals surface area contributed by atoms with E-state index in [0.717, 1.165) is 0 Å². The zero-order chi connectivity index (χ0) is 9.56. The van der Waals surface area contributed by atoms with Crippen LogP contribution in [0.3, 0.4) is 0 Å². The van der Waals surface area contributed by atoms with Gasteiger partial charge in [0.25, 0.3) is 0 Å². The van der Waals surface area contributed by atoms with Gasteiger partial charge in [-0.15, -0.1) is 0 Å². The quantitative estimate of drug-likeness (QED) is 0.547. The zero-order valence-electron chi connectivity index (χ0n) is 7.83. The van der Waals surface area contributed by atoms with Gasteiger partial charge in [0.1, 0.15) is 6.04 Å². The van der Waals surface area contributed by atoms with Crippen LogP contribution in [0.4, 0.5) is 0 Å². The van der Waals surface area contributed by atoms with E-state index in [9.17, 15) is 4.79 Å². The fraction of sp³-hybridized carbons (Fsp3) is 0.875. The number of methoxy groups -OCH3 is 1. The molecule has 1 aliphatic rings. The van der Waals surface area contributed by atoms with E-state index >= 15 is 0 Å². The van der Waals surface area contributed by atoms with Crippen molar-refractivity contribution in [3.8, 4) is 0 Å². The van der Waals surface area contributed by atoms with Gasteiger partial charge in [0, 0.05) is 0 Å². The molecule has 0 radical (unpaired) electrons. The molecule has 1 saturated heterocycles. The molecule has 1 fully saturated rings. The molecule has 1 heterocycles. The number of ether oxygens (including phenoxy) is 1. The van der Waals surface area contributed by atoms with E-state index in [1.165, 1.54) is 7.11 Å². The Morgan fingerprint density at radius 1 is 1.58 bits per heavy atom. The van der Waals surface area contributed by atoms with Crippen molar-refractivity contribution < 1.29 is 14.6 Å². The summed E-state index contributed by atoms with van der Waals surface area (Å²) in [7, 11) is 1.31. The van der Waals surface area contributed by atoms with E-state index in [-0.39, 0.29) is 5.97 Å². The molecular formula is C8H17NO3. The highest BCUT2D eigenvalue weighted by Gasteiger charge is 2.31. The maximum absolute atomic E-state index is 10.8. The lowest BCUT2D eigenvalue weighted by atomic mass is 10.2. The van der Waals surface area contributed by atoms with Crippen LogP contribution < -0.4 is 5.32 Å². The summed E-state index contributed by atoms with van der Waals surface area (Å²) in [5, 5.41) is 12.0. The number of nitrogens with one attached hydrogen (secondary N) is 1. The van der Waals surface area contributed by atoms with E-state index in [0.29, 0.717) is 13.0 Å². The second-order valence-electron chi connectivity index (χ2n) is 2.31. The van der Waals surface area contributed by atoms with Crippen LogP contribution in [-0.2, 0) is 9.53 Å². The van der Waals surface area contributed by atoms with Crippen molar-refractivity contribution in [2.24, 2.45) is 0 Å². The van der Waals surface area contributed by atoms with Gasteiger partial charge < -0.3 is 15.2 Å².